The van der Waals surface area contributed by atoms with E-state index < -0.39 is 0 Å². The Balaban J connectivity index is 1.56. The van der Waals surface area contributed by atoms with Gasteiger partial charge in [-0.2, -0.15) is 5.10 Å². The fourth-order valence-electron chi connectivity index (χ4n) is 4.06. The number of hydrogen-bond donors (Lipinski definition) is 1. The van der Waals surface area contributed by atoms with Gasteiger partial charge in [-0.15, -0.1) is 11.3 Å². The van der Waals surface area contributed by atoms with Crippen molar-refractivity contribution >= 4 is 27.4 Å². The number of thiophene rings is 1. The lowest BCUT2D eigenvalue weighted by Crippen LogP contribution is -2.40. The minimum Gasteiger partial charge on any atom is -0.369 e. The summed E-state index contributed by atoms with van der Waals surface area (Å²) in [5.41, 5.74) is 1.29. The van der Waals surface area contributed by atoms with Crippen molar-refractivity contribution in [2.75, 3.05) is 25.5 Å². The van der Waals surface area contributed by atoms with Crippen molar-refractivity contribution in [3.63, 3.8) is 0 Å². The molecule has 3 aromatic heterocycles. The van der Waals surface area contributed by atoms with Gasteiger partial charge in [0.2, 0.25) is 0 Å². The molecule has 0 bridgehead atoms. The summed E-state index contributed by atoms with van der Waals surface area (Å²) in [4.78, 5) is 13.8. The minimum atomic E-state index is 0.384. The maximum Gasteiger partial charge on any atom is 0.138 e. The number of nitrogens with zero attached hydrogens (tertiary/aromatic N) is 5. The molecular weight excluding hydrogens is 344 g/mol. The van der Waals surface area contributed by atoms with Gasteiger partial charge < -0.3 is 5.32 Å². The van der Waals surface area contributed by atoms with Gasteiger partial charge in [-0.3, -0.25) is 9.58 Å². The first-order valence-electron chi connectivity index (χ1n) is 9.32. The van der Waals surface area contributed by atoms with Crippen molar-refractivity contribution in [2.45, 2.75) is 32.2 Å². The lowest BCUT2D eigenvalue weighted by molar-refractivity contribution is 0.121. The summed E-state index contributed by atoms with van der Waals surface area (Å²) in [6, 6.07) is 4.76. The van der Waals surface area contributed by atoms with Crippen LogP contribution in [0.5, 0.6) is 0 Å². The van der Waals surface area contributed by atoms with Crippen LogP contribution in [0.2, 0.25) is 0 Å². The number of fused-ring (bicyclic) bond motifs is 1. The normalized spacial score (nSPS) is 21.3. The molecular formula is C19H26N6S. The van der Waals surface area contributed by atoms with Gasteiger partial charge in [0.25, 0.3) is 0 Å². The van der Waals surface area contributed by atoms with Crippen molar-refractivity contribution in [3.05, 3.63) is 35.2 Å². The Bertz CT molecular complexity index is 885. The van der Waals surface area contributed by atoms with Crippen LogP contribution in [0.15, 0.2) is 24.7 Å². The molecule has 2 atom stereocenters. The van der Waals surface area contributed by atoms with E-state index in [1.807, 2.05) is 17.9 Å². The highest BCUT2D eigenvalue weighted by atomic mass is 32.1. The van der Waals surface area contributed by atoms with Gasteiger partial charge in [-0.1, -0.05) is 6.92 Å². The summed E-state index contributed by atoms with van der Waals surface area (Å²) in [5.74, 6) is 1.49. The van der Waals surface area contributed by atoms with E-state index >= 15 is 0 Å². The first-order chi connectivity index (χ1) is 12.7. The maximum absolute atomic E-state index is 4.52. The summed E-state index contributed by atoms with van der Waals surface area (Å²) in [6.45, 7) is 4.22. The molecule has 0 spiro atoms. The Hall–Kier alpha value is -1.99. The van der Waals surface area contributed by atoms with Crippen molar-refractivity contribution in [1.82, 2.24) is 24.6 Å². The predicted molar refractivity (Wildman–Crippen MR) is 107 cm³/mol. The Morgan fingerprint density at radius 3 is 2.96 bits per heavy atom. The zero-order chi connectivity index (χ0) is 18.1. The van der Waals surface area contributed by atoms with E-state index in [-0.39, 0.29) is 0 Å². The molecule has 1 N–H and O–H groups in total. The molecule has 3 aromatic rings. The fraction of sp³-hybridized carbons (Fsp3) is 0.526. The maximum atomic E-state index is 4.52. The number of aryl methyl sites for hydroxylation is 2. The predicted octanol–water partition coefficient (Wildman–Crippen LogP) is 3.48. The van der Waals surface area contributed by atoms with Gasteiger partial charge in [-0.05, 0) is 50.9 Å². The summed E-state index contributed by atoms with van der Waals surface area (Å²) >= 11 is 1.76. The third-order valence-electron chi connectivity index (χ3n) is 5.43. The van der Waals surface area contributed by atoms with Crippen LogP contribution in [0.4, 0.5) is 5.82 Å². The van der Waals surface area contributed by atoms with E-state index in [1.165, 1.54) is 23.4 Å². The zero-order valence-electron chi connectivity index (χ0n) is 15.6. The first kappa shape index (κ1) is 17.4. The van der Waals surface area contributed by atoms with Crippen molar-refractivity contribution in [3.8, 4) is 0 Å². The van der Waals surface area contributed by atoms with Gasteiger partial charge in [-0.25, -0.2) is 9.97 Å². The molecule has 7 heteroatoms. The van der Waals surface area contributed by atoms with Gasteiger partial charge in [0.15, 0.2) is 0 Å². The van der Waals surface area contributed by atoms with E-state index in [0.717, 1.165) is 35.5 Å². The van der Waals surface area contributed by atoms with E-state index in [2.05, 4.69) is 51.4 Å². The number of piperidine rings is 1. The molecule has 4 rings (SSSR count). The van der Waals surface area contributed by atoms with E-state index in [9.17, 15) is 0 Å². The van der Waals surface area contributed by atoms with Crippen LogP contribution >= 0.6 is 11.3 Å². The molecule has 1 aliphatic heterocycles. The number of anilines is 1. The fourth-order valence-corrected chi connectivity index (χ4v) is 5.00. The molecule has 1 fully saturated rings. The van der Waals surface area contributed by atoms with Crippen LogP contribution in [0.1, 0.15) is 36.4 Å². The molecule has 0 amide bonds. The summed E-state index contributed by atoms with van der Waals surface area (Å²) in [7, 11) is 4.26. The van der Waals surface area contributed by atoms with Gasteiger partial charge in [0, 0.05) is 24.7 Å². The topological polar surface area (TPSA) is 58.9 Å². The Morgan fingerprint density at radius 2 is 2.19 bits per heavy atom. The van der Waals surface area contributed by atoms with Gasteiger partial charge in [0.05, 0.1) is 17.1 Å². The summed E-state index contributed by atoms with van der Waals surface area (Å²) in [6.07, 6.45) is 7.05. The number of rotatable bonds is 5. The van der Waals surface area contributed by atoms with Crippen molar-refractivity contribution in [1.29, 1.82) is 0 Å². The van der Waals surface area contributed by atoms with Crippen molar-refractivity contribution < 1.29 is 0 Å². The second-order valence-corrected chi connectivity index (χ2v) is 8.21. The molecule has 0 aromatic carbocycles. The highest BCUT2D eigenvalue weighted by Gasteiger charge is 2.32. The van der Waals surface area contributed by atoms with E-state index in [1.54, 1.807) is 17.7 Å². The molecule has 0 saturated carbocycles. The molecule has 0 radical (unpaired) electrons. The SMILES string of the molecule is CCc1cc2c(NC[C@@H]3CCCN(C)[C@H]3c3ccnn3C)ncnc2s1. The Labute approximate surface area is 158 Å². The smallest absolute Gasteiger partial charge is 0.138 e. The monoisotopic (exact) mass is 370 g/mol. The molecule has 0 aliphatic carbocycles. The number of likely N-dealkylation sites (tertiary alicyclic amines) is 1. The largest absolute Gasteiger partial charge is 0.369 e. The lowest BCUT2D eigenvalue weighted by atomic mass is 9.87. The van der Waals surface area contributed by atoms with Crippen LogP contribution in [-0.2, 0) is 13.5 Å². The molecule has 138 valence electrons. The third-order valence-corrected chi connectivity index (χ3v) is 6.62. The van der Waals surface area contributed by atoms with Crippen molar-refractivity contribution in [2.24, 2.45) is 13.0 Å². The first-order valence-corrected chi connectivity index (χ1v) is 10.1. The van der Waals surface area contributed by atoms with Crippen LogP contribution < -0.4 is 5.32 Å². The minimum absolute atomic E-state index is 0.384. The Morgan fingerprint density at radius 1 is 1.31 bits per heavy atom. The third kappa shape index (κ3) is 3.21. The van der Waals surface area contributed by atoms with Crippen LogP contribution in [0.25, 0.3) is 10.2 Å². The molecule has 26 heavy (non-hydrogen) atoms. The van der Waals surface area contributed by atoms with Crippen LogP contribution in [0.3, 0.4) is 0 Å². The number of nitrogens with one attached hydrogen (secondary N) is 1. The highest BCUT2D eigenvalue weighted by Crippen LogP contribution is 2.35. The number of aromatic nitrogens is 4. The number of hydrogen-bond acceptors (Lipinski definition) is 6. The van der Waals surface area contributed by atoms with Gasteiger partial charge >= 0.3 is 0 Å². The average Bonchev–Trinajstić information content (AvgIpc) is 3.26. The quantitative estimate of drug-likeness (QED) is 0.745. The van der Waals surface area contributed by atoms with Crippen LogP contribution in [-0.4, -0.2) is 44.8 Å². The standard InChI is InChI=1S/C19H26N6S/c1-4-14-10-15-18(21-12-22-19(15)26-14)20-11-13-6-5-9-24(2)17(13)16-7-8-23-25(16)3/h7-8,10,12-13,17H,4-6,9,11H2,1-3H3,(H,20,21,22)/t13-,17+/m0/s1. The van der Waals surface area contributed by atoms with Crippen LogP contribution in [0, 0.1) is 5.92 Å². The average molecular weight is 371 g/mol. The lowest BCUT2D eigenvalue weighted by Gasteiger charge is -2.39. The van der Waals surface area contributed by atoms with E-state index in [4.69, 9.17) is 0 Å². The molecule has 6 nitrogen and oxygen atoms in total. The molecule has 1 saturated heterocycles. The molecule has 1 aliphatic rings. The van der Waals surface area contributed by atoms with Gasteiger partial charge in [0.1, 0.15) is 17.0 Å². The second kappa shape index (κ2) is 7.32. The highest BCUT2D eigenvalue weighted by molar-refractivity contribution is 7.18. The van der Waals surface area contributed by atoms with E-state index in [0.29, 0.717) is 12.0 Å². The zero-order valence-corrected chi connectivity index (χ0v) is 16.5. The molecule has 4 heterocycles. The summed E-state index contributed by atoms with van der Waals surface area (Å²) < 4.78 is 2.01. The Kier molecular flexibility index (Phi) is 4.91. The summed E-state index contributed by atoms with van der Waals surface area (Å²) in [5, 5.41) is 9.16. The second-order valence-electron chi connectivity index (χ2n) is 7.10. The molecule has 0 unspecified atom stereocenters.